The lowest BCUT2D eigenvalue weighted by Crippen LogP contribution is -2.51. The van der Waals surface area contributed by atoms with Crippen LogP contribution in [-0.2, 0) is 10.0 Å². The van der Waals surface area contributed by atoms with Gasteiger partial charge in [0.15, 0.2) is 5.96 Å². The van der Waals surface area contributed by atoms with E-state index >= 15 is 0 Å². The third-order valence-corrected chi connectivity index (χ3v) is 6.30. The molecule has 1 saturated heterocycles. The average Bonchev–Trinajstić information content (AvgIpc) is 2.53. The van der Waals surface area contributed by atoms with E-state index in [-0.39, 0.29) is 17.7 Å². The van der Waals surface area contributed by atoms with Gasteiger partial charge in [0.05, 0.1) is 18.4 Å². The third kappa shape index (κ3) is 3.64. The molecule has 0 aromatic heterocycles. The molecule has 0 saturated carbocycles. The van der Waals surface area contributed by atoms with Gasteiger partial charge in [-0.05, 0) is 13.0 Å². The van der Waals surface area contributed by atoms with Crippen molar-refractivity contribution >= 4 is 16.0 Å². The number of fused-ring (bicyclic) bond motifs is 1. The summed E-state index contributed by atoms with van der Waals surface area (Å²) >= 11 is 0. The third-order valence-electron chi connectivity index (χ3n) is 4.48. The summed E-state index contributed by atoms with van der Waals surface area (Å²) in [6.07, 6.45) is 0.833. The molecule has 132 valence electrons. The predicted molar refractivity (Wildman–Crippen MR) is 93.4 cm³/mol. The molecule has 2 aliphatic heterocycles. The molecular formula is C16H24N4O3S. The number of nitrogens with two attached hydrogens (primary N) is 1. The molecule has 0 spiro atoms. The zero-order chi connectivity index (χ0) is 17.2. The average molecular weight is 352 g/mol. The van der Waals surface area contributed by atoms with E-state index in [0.29, 0.717) is 32.2 Å². The van der Waals surface area contributed by atoms with Crippen LogP contribution in [0.25, 0.3) is 0 Å². The van der Waals surface area contributed by atoms with Gasteiger partial charge in [0, 0.05) is 37.5 Å². The van der Waals surface area contributed by atoms with Crippen LogP contribution < -0.4 is 15.8 Å². The second-order valence-corrected chi connectivity index (χ2v) is 8.44. The molecule has 1 fully saturated rings. The highest BCUT2D eigenvalue weighted by Gasteiger charge is 2.34. The first-order valence-corrected chi connectivity index (χ1v) is 9.86. The fraction of sp³-hybridized carbons (Fsp3) is 0.562. The van der Waals surface area contributed by atoms with Crippen molar-refractivity contribution in [3.63, 3.8) is 0 Å². The molecule has 0 amide bonds. The SMILES string of the molecule is CCS(=O)(=O)N1CC(CN=C(N)NC2CCOc3ccccc32)C1. The lowest BCUT2D eigenvalue weighted by molar-refractivity contribution is 0.208. The van der Waals surface area contributed by atoms with Gasteiger partial charge in [-0.15, -0.1) is 0 Å². The minimum atomic E-state index is -3.06. The Labute approximate surface area is 142 Å². The highest BCUT2D eigenvalue weighted by molar-refractivity contribution is 7.89. The Hall–Kier alpha value is -1.80. The Balaban J connectivity index is 1.52. The zero-order valence-corrected chi connectivity index (χ0v) is 14.6. The maximum Gasteiger partial charge on any atom is 0.213 e. The number of para-hydroxylation sites is 1. The van der Waals surface area contributed by atoms with Crippen LogP contribution in [0.2, 0.25) is 0 Å². The number of benzene rings is 1. The lowest BCUT2D eigenvalue weighted by atomic mass is 10.0. The number of nitrogens with zero attached hydrogens (tertiary/aromatic N) is 2. The molecule has 24 heavy (non-hydrogen) atoms. The topological polar surface area (TPSA) is 97.0 Å². The summed E-state index contributed by atoms with van der Waals surface area (Å²) < 4.78 is 30.5. The first kappa shape index (κ1) is 17.0. The standard InChI is InChI=1S/C16H24N4O3S/c1-2-24(21,22)20-10-12(11-20)9-18-16(17)19-14-7-8-23-15-6-4-3-5-13(14)15/h3-6,12,14H,2,7-11H2,1H3,(H3,17,18,19). The summed E-state index contributed by atoms with van der Waals surface area (Å²) in [7, 11) is -3.06. The van der Waals surface area contributed by atoms with Gasteiger partial charge in [0.1, 0.15) is 5.75 Å². The molecule has 8 heteroatoms. The van der Waals surface area contributed by atoms with E-state index in [4.69, 9.17) is 10.5 Å². The summed E-state index contributed by atoms with van der Waals surface area (Å²) in [6, 6.07) is 8.00. The Bertz CT molecular complexity index is 714. The normalized spacial score (nSPS) is 22.4. The summed E-state index contributed by atoms with van der Waals surface area (Å²) in [5, 5.41) is 3.25. The molecule has 3 N–H and O–H groups in total. The first-order chi connectivity index (χ1) is 11.5. The molecule has 2 aliphatic rings. The van der Waals surface area contributed by atoms with E-state index in [1.807, 2.05) is 24.3 Å². The van der Waals surface area contributed by atoms with Gasteiger partial charge in [0.2, 0.25) is 10.0 Å². The van der Waals surface area contributed by atoms with Crippen LogP contribution in [0.4, 0.5) is 0 Å². The number of aliphatic imine (C=N–C) groups is 1. The molecule has 0 radical (unpaired) electrons. The largest absolute Gasteiger partial charge is 0.493 e. The van der Waals surface area contributed by atoms with Gasteiger partial charge in [-0.2, -0.15) is 0 Å². The monoisotopic (exact) mass is 352 g/mol. The van der Waals surface area contributed by atoms with Crippen molar-refractivity contribution in [3.8, 4) is 5.75 Å². The van der Waals surface area contributed by atoms with Gasteiger partial charge < -0.3 is 15.8 Å². The Morgan fingerprint density at radius 3 is 2.92 bits per heavy atom. The molecule has 1 unspecified atom stereocenters. The highest BCUT2D eigenvalue weighted by atomic mass is 32.2. The van der Waals surface area contributed by atoms with Crippen molar-refractivity contribution in [1.29, 1.82) is 0 Å². The van der Waals surface area contributed by atoms with E-state index in [9.17, 15) is 8.42 Å². The number of nitrogens with one attached hydrogen (secondary N) is 1. The maximum absolute atomic E-state index is 11.7. The van der Waals surface area contributed by atoms with Crippen molar-refractivity contribution in [2.45, 2.75) is 19.4 Å². The Kier molecular flexibility index (Phi) is 4.96. The van der Waals surface area contributed by atoms with Crippen molar-refractivity contribution < 1.29 is 13.2 Å². The molecule has 0 aliphatic carbocycles. The van der Waals surface area contributed by atoms with E-state index < -0.39 is 10.0 Å². The van der Waals surface area contributed by atoms with Gasteiger partial charge in [0.25, 0.3) is 0 Å². The quantitative estimate of drug-likeness (QED) is 0.600. The Morgan fingerprint density at radius 1 is 1.42 bits per heavy atom. The first-order valence-electron chi connectivity index (χ1n) is 8.25. The van der Waals surface area contributed by atoms with Gasteiger partial charge in [-0.25, -0.2) is 12.7 Å². The fourth-order valence-corrected chi connectivity index (χ4v) is 4.23. The number of hydrogen-bond donors (Lipinski definition) is 2. The molecule has 1 aromatic carbocycles. The smallest absolute Gasteiger partial charge is 0.213 e. The van der Waals surface area contributed by atoms with Crippen molar-refractivity contribution in [1.82, 2.24) is 9.62 Å². The second-order valence-electron chi connectivity index (χ2n) is 6.18. The van der Waals surface area contributed by atoms with E-state index in [0.717, 1.165) is 17.7 Å². The van der Waals surface area contributed by atoms with Crippen LogP contribution in [0.3, 0.4) is 0 Å². The summed E-state index contributed by atoms with van der Waals surface area (Å²) in [5.41, 5.74) is 7.09. The highest BCUT2D eigenvalue weighted by Crippen LogP contribution is 2.31. The Morgan fingerprint density at radius 2 is 2.17 bits per heavy atom. The number of guanidine groups is 1. The van der Waals surface area contributed by atoms with Crippen LogP contribution in [-0.4, -0.2) is 50.7 Å². The summed E-state index contributed by atoms with van der Waals surface area (Å²) in [4.78, 5) is 4.38. The molecular weight excluding hydrogens is 328 g/mol. The summed E-state index contributed by atoms with van der Waals surface area (Å²) in [5.74, 6) is 1.67. The fourth-order valence-electron chi connectivity index (χ4n) is 2.99. The number of rotatable bonds is 5. The predicted octanol–water partition coefficient (Wildman–Crippen LogP) is 0.696. The number of hydrogen-bond acceptors (Lipinski definition) is 4. The summed E-state index contributed by atoms with van der Waals surface area (Å²) in [6.45, 7) is 3.92. The molecule has 0 bridgehead atoms. The molecule has 1 aromatic rings. The van der Waals surface area contributed by atoms with Crippen LogP contribution in [0.5, 0.6) is 5.75 Å². The van der Waals surface area contributed by atoms with Crippen molar-refractivity contribution in [3.05, 3.63) is 29.8 Å². The van der Waals surface area contributed by atoms with Gasteiger partial charge >= 0.3 is 0 Å². The lowest BCUT2D eigenvalue weighted by Gasteiger charge is -2.37. The minimum Gasteiger partial charge on any atom is -0.493 e. The van der Waals surface area contributed by atoms with Crippen molar-refractivity contribution in [2.75, 3.05) is 32.0 Å². The van der Waals surface area contributed by atoms with Crippen LogP contribution in [0, 0.1) is 5.92 Å². The van der Waals surface area contributed by atoms with E-state index in [2.05, 4.69) is 10.3 Å². The molecule has 2 heterocycles. The van der Waals surface area contributed by atoms with Crippen LogP contribution in [0.15, 0.2) is 29.3 Å². The van der Waals surface area contributed by atoms with E-state index in [1.54, 1.807) is 6.92 Å². The second kappa shape index (κ2) is 6.98. The number of sulfonamides is 1. The van der Waals surface area contributed by atoms with Crippen LogP contribution >= 0.6 is 0 Å². The van der Waals surface area contributed by atoms with E-state index in [1.165, 1.54) is 4.31 Å². The minimum absolute atomic E-state index is 0.0945. The zero-order valence-electron chi connectivity index (χ0n) is 13.8. The molecule has 7 nitrogen and oxygen atoms in total. The van der Waals surface area contributed by atoms with Crippen LogP contribution in [0.1, 0.15) is 24.9 Å². The maximum atomic E-state index is 11.7. The van der Waals surface area contributed by atoms with Gasteiger partial charge in [-0.1, -0.05) is 18.2 Å². The van der Waals surface area contributed by atoms with Gasteiger partial charge in [-0.3, -0.25) is 4.99 Å². The van der Waals surface area contributed by atoms with Crippen molar-refractivity contribution in [2.24, 2.45) is 16.6 Å². The number of ether oxygens (including phenoxy) is 1. The molecule has 1 atom stereocenters. The molecule has 3 rings (SSSR count).